The molecular weight excluding hydrogens is 306 g/mol. The van der Waals surface area contributed by atoms with Gasteiger partial charge in [0, 0.05) is 0 Å². The van der Waals surface area contributed by atoms with E-state index < -0.39 is 22.5 Å². The minimum atomic E-state index is -3.74. The average molecular weight is 329 g/mol. The van der Waals surface area contributed by atoms with Gasteiger partial charge in [0.05, 0.1) is 17.6 Å². The number of rotatable bonds is 9. The van der Waals surface area contributed by atoms with Crippen LogP contribution in [0.1, 0.15) is 33.6 Å². The average Bonchev–Trinajstić information content (AvgIpc) is 2.45. The van der Waals surface area contributed by atoms with E-state index in [2.05, 4.69) is 11.6 Å². The zero-order valence-electron chi connectivity index (χ0n) is 13.2. The summed E-state index contributed by atoms with van der Waals surface area (Å²) in [6.07, 6.45) is 1.69. The molecule has 0 heterocycles. The molecule has 1 rings (SSSR count). The molecular formula is C15H23NO5S. The Morgan fingerprint density at radius 2 is 1.86 bits per heavy atom. The van der Waals surface area contributed by atoms with Crippen LogP contribution in [0.15, 0.2) is 29.2 Å². The zero-order valence-corrected chi connectivity index (χ0v) is 14.0. The molecule has 1 aromatic rings. The molecule has 0 aliphatic heterocycles. The molecule has 0 radical (unpaired) electrons. The van der Waals surface area contributed by atoms with E-state index in [1.807, 2.05) is 0 Å². The van der Waals surface area contributed by atoms with E-state index in [1.165, 1.54) is 12.1 Å². The molecule has 22 heavy (non-hydrogen) atoms. The molecule has 1 N–H and O–H groups in total. The highest BCUT2D eigenvalue weighted by atomic mass is 32.2. The van der Waals surface area contributed by atoms with Crippen molar-refractivity contribution in [2.45, 2.75) is 44.6 Å². The summed E-state index contributed by atoms with van der Waals surface area (Å²) >= 11 is 0. The van der Waals surface area contributed by atoms with E-state index in [9.17, 15) is 13.2 Å². The number of hydrogen-bond acceptors (Lipinski definition) is 5. The van der Waals surface area contributed by atoms with Gasteiger partial charge in [0.15, 0.2) is 0 Å². The number of unbranched alkanes of at least 4 members (excludes halogenated alkanes) is 1. The van der Waals surface area contributed by atoms with Crippen LogP contribution >= 0.6 is 0 Å². The molecule has 1 aromatic carbocycles. The third-order valence-corrected chi connectivity index (χ3v) is 4.09. The lowest BCUT2D eigenvalue weighted by Gasteiger charge is -2.10. The summed E-state index contributed by atoms with van der Waals surface area (Å²) in [6, 6.07) is 6.07. The van der Waals surface area contributed by atoms with E-state index in [4.69, 9.17) is 9.47 Å². The molecule has 0 saturated heterocycles. The second-order valence-corrected chi connectivity index (χ2v) is 6.80. The van der Waals surface area contributed by atoms with Crippen molar-refractivity contribution in [2.24, 2.45) is 0 Å². The van der Waals surface area contributed by atoms with E-state index in [1.54, 1.807) is 26.0 Å². The Morgan fingerprint density at radius 3 is 2.41 bits per heavy atom. The lowest BCUT2D eigenvalue weighted by atomic mass is 10.3. The number of nitrogens with one attached hydrogen (secondary N) is 1. The zero-order chi connectivity index (χ0) is 16.6. The van der Waals surface area contributed by atoms with Gasteiger partial charge in [-0.15, -0.1) is 0 Å². The molecule has 6 nitrogen and oxygen atoms in total. The molecule has 0 aromatic heterocycles. The summed E-state index contributed by atoms with van der Waals surface area (Å²) in [7, 11) is -3.74. The van der Waals surface area contributed by atoms with Crippen molar-refractivity contribution in [1.82, 2.24) is 4.72 Å². The van der Waals surface area contributed by atoms with Crippen LogP contribution in [0.2, 0.25) is 0 Å². The van der Waals surface area contributed by atoms with E-state index in [-0.39, 0.29) is 11.0 Å². The molecule has 0 amide bonds. The highest BCUT2D eigenvalue weighted by Crippen LogP contribution is 2.16. The quantitative estimate of drug-likeness (QED) is 0.554. The Kier molecular flexibility index (Phi) is 7.34. The maximum atomic E-state index is 12.0. The second-order valence-electron chi connectivity index (χ2n) is 5.04. The number of benzene rings is 1. The van der Waals surface area contributed by atoms with Gasteiger partial charge in [0.25, 0.3) is 0 Å². The number of sulfonamides is 1. The molecule has 0 atom stereocenters. The molecule has 0 fully saturated rings. The highest BCUT2D eigenvalue weighted by molar-refractivity contribution is 7.89. The number of hydrogen-bond donors (Lipinski definition) is 1. The van der Waals surface area contributed by atoms with E-state index in [0.717, 1.165) is 12.8 Å². The van der Waals surface area contributed by atoms with Crippen LogP contribution in [-0.4, -0.2) is 33.6 Å². The maximum absolute atomic E-state index is 12.0. The highest BCUT2D eigenvalue weighted by Gasteiger charge is 2.16. The van der Waals surface area contributed by atoms with Crippen LogP contribution in [0.25, 0.3) is 0 Å². The number of carbonyl (C=O) groups is 1. The van der Waals surface area contributed by atoms with Crippen molar-refractivity contribution in [3.05, 3.63) is 24.3 Å². The molecule has 0 unspecified atom stereocenters. The minimum absolute atomic E-state index is 0.0766. The summed E-state index contributed by atoms with van der Waals surface area (Å²) in [4.78, 5) is 11.4. The van der Waals surface area contributed by atoms with E-state index >= 15 is 0 Å². The lowest BCUT2D eigenvalue weighted by Crippen LogP contribution is -2.31. The fourth-order valence-electron chi connectivity index (χ4n) is 1.59. The van der Waals surface area contributed by atoms with E-state index in [0.29, 0.717) is 12.4 Å². The largest absolute Gasteiger partial charge is 0.494 e. The Bertz CT molecular complexity index is 566. The van der Waals surface area contributed by atoms with Crippen molar-refractivity contribution in [3.63, 3.8) is 0 Å². The predicted molar refractivity (Wildman–Crippen MR) is 83.3 cm³/mol. The third-order valence-electron chi connectivity index (χ3n) is 2.67. The van der Waals surface area contributed by atoms with Crippen LogP contribution in [0.5, 0.6) is 5.75 Å². The Morgan fingerprint density at radius 1 is 1.23 bits per heavy atom. The fraction of sp³-hybridized carbons (Fsp3) is 0.533. The molecule has 124 valence electrons. The fourth-order valence-corrected chi connectivity index (χ4v) is 2.56. The van der Waals surface area contributed by atoms with Gasteiger partial charge in [-0.25, -0.2) is 8.42 Å². The van der Waals surface area contributed by atoms with Gasteiger partial charge in [-0.1, -0.05) is 13.3 Å². The van der Waals surface area contributed by atoms with Crippen molar-refractivity contribution in [3.8, 4) is 5.75 Å². The Labute approximate surface area is 131 Å². The molecule has 7 heteroatoms. The maximum Gasteiger partial charge on any atom is 0.321 e. The smallest absolute Gasteiger partial charge is 0.321 e. The SMILES string of the molecule is CCCCOc1ccc(S(=O)(=O)NCC(=O)OC(C)C)cc1. The first-order valence-corrected chi connectivity index (χ1v) is 8.75. The normalized spacial score (nSPS) is 11.5. The van der Waals surface area contributed by atoms with Crippen LogP contribution in [-0.2, 0) is 19.6 Å². The molecule has 0 aliphatic rings. The van der Waals surface area contributed by atoms with Gasteiger partial charge in [-0.3, -0.25) is 4.79 Å². The van der Waals surface area contributed by atoms with Crippen molar-refractivity contribution in [1.29, 1.82) is 0 Å². The summed E-state index contributed by atoms with van der Waals surface area (Å²) < 4.78 is 36.6. The van der Waals surface area contributed by atoms with Gasteiger partial charge in [0.1, 0.15) is 12.3 Å². The molecule has 0 spiro atoms. The number of carbonyl (C=O) groups excluding carboxylic acids is 1. The summed E-state index contributed by atoms with van der Waals surface area (Å²) in [5.41, 5.74) is 0. The van der Waals surface area contributed by atoms with Gasteiger partial charge in [0.2, 0.25) is 10.0 Å². The van der Waals surface area contributed by atoms with Gasteiger partial charge in [-0.05, 0) is 44.5 Å². The third kappa shape index (κ3) is 6.44. The predicted octanol–water partition coefficient (Wildman–Crippen LogP) is 2.10. The van der Waals surface area contributed by atoms with Crippen LogP contribution < -0.4 is 9.46 Å². The second kappa shape index (κ2) is 8.75. The lowest BCUT2D eigenvalue weighted by molar-refractivity contribution is -0.145. The monoisotopic (exact) mass is 329 g/mol. The molecule has 0 bridgehead atoms. The van der Waals surface area contributed by atoms with Gasteiger partial charge >= 0.3 is 5.97 Å². The van der Waals surface area contributed by atoms with Crippen molar-refractivity contribution in [2.75, 3.05) is 13.2 Å². The summed E-state index contributed by atoms with van der Waals surface area (Å²) in [5.74, 6) is 0.00436. The summed E-state index contributed by atoms with van der Waals surface area (Å²) in [5, 5.41) is 0. The van der Waals surface area contributed by atoms with Crippen molar-refractivity contribution < 1.29 is 22.7 Å². The first-order chi connectivity index (χ1) is 10.3. The standard InChI is InChI=1S/C15H23NO5S/c1-4-5-10-20-13-6-8-14(9-7-13)22(18,19)16-11-15(17)21-12(2)3/h6-9,12,16H,4-5,10-11H2,1-3H3. The van der Waals surface area contributed by atoms with Gasteiger partial charge in [-0.2, -0.15) is 4.72 Å². The van der Waals surface area contributed by atoms with Crippen LogP contribution in [0.3, 0.4) is 0 Å². The van der Waals surface area contributed by atoms with Crippen LogP contribution in [0, 0.1) is 0 Å². The Hall–Kier alpha value is -1.60. The topological polar surface area (TPSA) is 81.7 Å². The van der Waals surface area contributed by atoms with Crippen LogP contribution in [0.4, 0.5) is 0 Å². The Balaban J connectivity index is 2.59. The van der Waals surface area contributed by atoms with Gasteiger partial charge < -0.3 is 9.47 Å². The summed E-state index contributed by atoms with van der Waals surface area (Å²) in [6.45, 7) is 5.67. The number of ether oxygens (including phenoxy) is 2. The van der Waals surface area contributed by atoms with Crippen molar-refractivity contribution >= 4 is 16.0 Å². The molecule has 0 saturated carbocycles. The minimum Gasteiger partial charge on any atom is -0.494 e. The first kappa shape index (κ1) is 18.4. The molecule has 0 aliphatic carbocycles. The first-order valence-electron chi connectivity index (χ1n) is 7.27. The number of esters is 1.